The summed E-state index contributed by atoms with van der Waals surface area (Å²) < 4.78 is 0.800. The van der Waals surface area contributed by atoms with Crippen LogP contribution in [0.4, 0.5) is 0 Å². The predicted molar refractivity (Wildman–Crippen MR) is 83.9 cm³/mol. The van der Waals surface area contributed by atoms with E-state index in [1.165, 1.54) is 4.88 Å². The second-order valence-electron chi connectivity index (χ2n) is 5.07. The van der Waals surface area contributed by atoms with E-state index >= 15 is 0 Å². The van der Waals surface area contributed by atoms with Crippen LogP contribution in [0.1, 0.15) is 44.5 Å². The lowest BCUT2D eigenvalue weighted by Crippen LogP contribution is -2.44. The van der Waals surface area contributed by atoms with Gasteiger partial charge in [-0.1, -0.05) is 18.5 Å². The molecule has 0 saturated carbocycles. The van der Waals surface area contributed by atoms with Gasteiger partial charge in [-0.3, -0.25) is 4.90 Å². The Morgan fingerprint density at radius 2 is 2.11 bits per heavy atom. The zero-order chi connectivity index (χ0) is 14.4. The van der Waals surface area contributed by atoms with Crippen molar-refractivity contribution < 1.29 is 5.11 Å². The summed E-state index contributed by atoms with van der Waals surface area (Å²) >= 11 is 7.66. The molecule has 110 valence electrons. The average Bonchev–Trinajstić information content (AvgIpc) is 2.79. The van der Waals surface area contributed by atoms with E-state index < -0.39 is 0 Å². The summed E-state index contributed by atoms with van der Waals surface area (Å²) in [4.78, 5) is 3.58. The molecule has 3 nitrogen and oxygen atoms in total. The van der Waals surface area contributed by atoms with Gasteiger partial charge in [-0.05, 0) is 38.8 Å². The molecule has 3 N–H and O–H groups in total. The Morgan fingerprint density at radius 3 is 2.53 bits per heavy atom. The Bertz CT molecular complexity index is 370. The molecule has 0 aromatic carbocycles. The van der Waals surface area contributed by atoms with E-state index in [0.717, 1.165) is 23.7 Å². The van der Waals surface area contributed by atoms with Crippen LogP contribution < -0.4 is 5.73 Å². The first-order valence-electron chi connectivity index (χ1n) is 6.88. The van der Waals surface area contributed by atoms with Crippen molar-refractivity contribution in [1.29, 1.82) is 0 Å². The Balaban J connectivity index is 2.99. The van der Waals surface area contributed by atoms with E-state index in [1.54, 1.807) is 11.3 Å². The maximum absolute atomic E-state index is 9.07. The Labute approximate surface area is 125 Å². The fraction of sp³-hybridized carbons (Fsp3) is 0.714. The van der Waals surface area contributed by atoms with Gasteiger partial charge < -0.3 is 10.8 Å². The molecule has 1 heterocycles. The maximum Gasteiger partial charge on any atom is 0.0931 e. The molecule has 5 heteroatoms. The number of hydrogen-bond acceptors (Lipinski definition) is 4. The minimum atomic E-state index is 0.0795. The van der Waals surface area contributed by atoms with Gasteiger partial charge in [0.1, 0.15) is 0 Å². The third-order valence-electron chi connectivity index (χ3n) is 3.36. The van der Waals surface area contributed by atoms with Crippen molar-refractivity contribution in [2.24, 2.45) is 5.73 Å². The minimum Gasteiger partial charge on any atom is -0.396 e. The highest BCUT2D eigenvalue weighted by atomic mass is 35.5. The summed E-state index contributed by atoms with van der Waals surface area (Å²) in [6.45, 7) is 7.51. The van der Waals surface area contributed by atoms with Gasteiger partial charge in [-0.15, -0.1) is 11.3 Å². The number of rotatable bonds is 8. The van der Waals surface area contributed by atoms with Gasteiger partial charge in [0.05, 0.1) is 10.4 Å². The normalized spacial score (nSPS) is 15.2. The van der Waals surface area contributed by atoms with E-state index in [0.29, 0.717) is 6.04 Å². The minimum absolute atomic E-state index is 0.0795. The lowest BCUT2D eigenvalue weighted by Gasteiger charge is -2.37. The molecule has 0 amide bonds. The number of nitrogens with zero attached hydrogens (tertiary/aromatic N) is 1. The van der Waals surface area contributed by atoms with E-state index in [2.05, 4.69) is 31.7 Å². The van der Waals surface area contributed by atoms with Crippen molar-refractivity contribution >= 4 is 22.9 Å². The van der Waals surface area contributed by atoms with Crippen LogP contribution in [0.3, 0.4) is 0 Å². The van der Waals surface area contributed by atoms with Crippen molar-refractivity contribution in [2.45, 2.75) is 51.7 Å². The zero-order valence-electron chi connectivity index (χ0n) is 12.0. The molecular weight excluding hydrogens is 280 g/mol. The smallest absolute Gasteiger partial charge is 0.0931 e. The lowest BCUT2D eigenvalue weighted by molar-refractivity contribution is 0.120. The third-order valence-corrected chi connectivity index (χ3v) is 4.66. The molecule has 1 rings (SSSR count). The monoisotopic (exact) mass is 304 g/mol. The van der Waals surface area contributed by atoms with Crippen LogP contribution in [-0.2, 0) is 0 Å². The van der Waals surface area contributed by atoms with Gasteiger partial charge in [0, 0.05) is 30.1 Å². The van der Waals surface area contributed by atoms with Gasteiger partial charge in [-0.2, -0.15) is 0 Å². The molecule has 0 spiro atoms. The van der Waals surface area contributed by atoms with Crippen LogP contribution in [0.25, 0.3) is 0 Å². The highest BCUT2D eigenvalue weighted by molar-refractivity contribution is 7.16. The van der Waals surface area contributed by atoms with Crippen LogP contribution in [0.5, 0.6) is 0 Å². The highest BCUT2D eigenvalue weighted by Crippen LogP contribution is 2.34. The van der Waals surface area contributed by atoms with Crippen molar-refractivity contribution in [3.8, 4) is 0 Å². The summed E-state index contributed by atoms with van der Waals surface area (Å²) in [5, 5.41) is 9.07. The number of aliphatic hydroxyl groups is 1. The quantitative estimate of drug-likeness (QED) is 0.775. The van der Waals surface area contributed by atoms with Crippen LogP contribution in [0.15, 0.2) is 12.1 Å². The molecule has 0 radical (unpaired) electrons. The maximum atomic E-state index is 9.07. The second kappa shape index (κ2) is 8.22. The number of hydrogen-bond donors (Lipinski definition) is 2. The van der Waals surface area contributed by atoms with Crippen molar-refractivity contribution in [3.05, 3.63) is 21.3 Å². The zero-order valence-corrected chi connectivity index (χ0v) is 13.5. The first-order valence-corrected chi connectivity index (χ1v) is 8.08. The average molecular weight is 305 g/mol. The molecule has 1 aromatic rings. The summed E-state index contributed by atoms with van der Waals surface area (Å²) in [7, 11) is 0. The number of aliphatic hydroxyl groups excluding tert-OH is 1. The van der Waals surface area contributed by atoms with E-state index in [9.17, 15) is 0 Å². The first-order chi connectivity index (χ1) is 9.01. The van der Waals surface area contributed by atoms with Gasteiger partial charge >= 0.3 is 0 Å². The fourth-order valence-electron chi connectivity index (χ4n) is 2.30. The van der Waals surface area contributed by atoms with Crippen molar-refractivity contribution in [3.63, 3.8) is 0 Å². The van der Waals surface area contributed by atoms with Gasteiger partial charge in [0.15, 0.2) is 0 Å². The Morgan fingerprint density at radius 1 is 1.42 bits per heavy atom. The SMILES string of the molecule is CCC(N)C(c1ccc(Cl)s1)N(CCCO)C(C)C. The molecule has 0 bridgehead atoms. The summed E-state index contributed by atoms with van der Waals surface area (Å²) in [5.74, 6) is 0. The molecule has 1 aromatic heterocycles. The molecular formula is C14H25ClN2OS. The van der Waals surface area contributed by atoms with E-state index in [4.69, 9.17) is 22.4 Å². The first kappa shape index (κ1) is 16.9. The van der Waals surface area contributed by atoms with Crippen molar-refractivity contribution in [2.75, 3.05) is 13.2 Å². The van der Waals surface area contributed by atoms with Crippen LogP contribution in [0, 0.1) is 0 Å². The number of nitrogens with two attached hydrogens (primary N) is 1. The van der Waals surface area contributed by atoms with Gasteiger partial charge in [0.25, 0.3) is 0 Å². The molecule has 19 heavy (non-hydrogen) atoms. The molecule has 0 fully saturated rings. The molecule has 0 aliphatic heterocycles. The van der Waals surface area contributed by atoms with E-state index in [1.807, 2.05) is 6.07 Å². The molecule has 0 aliphatic carbocycles. The molecule has 0 aliphatic rings. The Kier molecular flexibility index (Phi) is 7.32. The standard InChI is InChI=1S/C14H25ClN2OS/c1-4-11(16)14(12-6-7-13(15)19-12)17(10(2)3)8-5-9-18/h6-7,10-11,14,18H,4-5,8-9,16H2,1-3H3. The van der Waals surface area contributed by atoms with Crippen molar-refractivity contribution in [1.82, 2.24) is 4.90 Å². The Hall–Kier alpha value is -0.130. The van der Waals surface area contributed by atoms with E-state index in [-0.39, 0.29) is 18.7 Å². The van der Waals surface area contributed by atoms with Crippen LogP contribution in [0.2, 0.25) is 4.34 Å². The number of thiophene rings is 1. The second-order valence-corrected chi connectivity index (χ2v) is 6.81. The third kappa shape index (κ3) is 4.72. The largest absolute Gasteiger partial charge is 0.396 e. The highest BCUT2D eigenvalue weighted by Gasteiger charge is 2.28. The fourth-order valence-corrected chi connectivity index (χ4v) is 3.56. The number of halogens is 1. The predicted octanol–water partition coefficient (Wildman–Crippen LogP) is 3.27. The summed E-state index contributed by atoms with van der Waals surface area (Å²) in [6, 6.07) is 4.64. The summed E-state index contributed by atoms with van der Waals surface area (Å²) in [5.41, 5.74) is 6.33. The van der Waals surface area contributed by atoms with Gasteiger partial charge in [0.2, 0.25) is 0 Å². The lowest BCUT2D eigenvalue weighted by atomic mass is 10.0. The molecule has 0 saturated heterocycles. The van der Waals surface area contributed by atoms with Crippen LogP contribution >= 0.6 is 22.9 Å². The molecule has 2 unspecified atom stereocenters. The van der Waals surface area contributed by atoms with Gasteiger partial charge in [-0.25, -0.2) is 0 Å². The summed E-state index contributed by atoms with van der Waals surface area (Å²) in [6.07, 6.45) is 1.69. The topological polar surface area (TPSA) is 49.5 Å². The molecule has 2 atom stereocenters. The van der Waals surface area contributed by atoms with Crippen LogP contribution in [-0.4, -0.2) is 35.2 Å².